The molecule has 120 valence electrons. The SMILES string of the molecule is CC1OCCC1S(=O)(=O)N(C)CCN(C(C)C)C(C)C. The number of hydrogen-bond donors (Lipinski definition) is 0. The maximum atomic E-state index is 12.5. The van der Waals surface area contributed by atoms with Crippen LogP contribution in [-0.2, 0) is 14.8 Å². The van der Waals surface area contributed by atoms with E-state index in [1.165, 1.54) is 4.31 Å². The number of nitrogens with zero attached hydrogens (tertiary/aromatic N) is 2. The third kappa shape index (κ3) is 4.16. The van der Waals surface area contributed by atoms with E-state index in [9.17, 15) is 8.42 Å². The van der Waals surface area contributed by atoms with E-state index in [0.29, 0.717) is 31.7 Å². The smallest absolute Gasteiger partial charge is 0.219 e. The summed E-state index contributed by atoms with van der Waals surface area (Å²) < 4.78 is 31.9. The van der Waals surface area contributed by atoms with Crippen molar-refractivity contribution >= 4 is 10.0 Å². The summed E-state index contributed by atoms with van der Waals surface area (Å²) >= 11 is 0. The van der Waals surface area contributed by atoms with Gasteiger partial charge in [0.15, 0.2) is 0 Å². The molecule has 6 heteroatoms. The van der Waals surface area contributed by atoms with Crippen LogP contribution in [-0.4, -0.2) is 67.8 Å². The van der Waals surface area contributed by atoms with Gasteiger partial charge in [0, 0.05) is 38.8 Å². The molecule has 0 spiro atoms. The van der Waals surface area contributed by atoms with Gasteiger partial charge < -0.3 is 4.74 Å². The molecule has 1 aliphatic rings. The molecule has 0 aromatic heterocycles. The Kier molecular flexibility index (Phi) is 6.44. The Bertz CT molecular complexity index is 387. The fourth-order valence-corrected chi connectivity index (χ4v) is 4.59. The zero-order valence-corrected chi connectivity index (χ0v) is 14.5. The van der Waals surface area contributed by atoms with Crippen molar-refractivity contribution < 1.29 is 13.2 Å². The first-order valence-corrected chi connectivity index (χ1v) is 9.00. The van der Waals surface area contributed by atoms with E-state index in [4.69, 9.17) is 4.74 Å². The van der Waals surface area contributed by atoms with Crippen LogP contribution in [0.15, 0.2) is 0 Å². The molecular formula is C14H30N2O3S. The van der Waals surface area contributed by atoms with Crippen LogP contribution in [0.2, 0.25) is 0 Å². The summed E-state index contributed by atoms with van der Waals surface area (Å²) in [7, 11) is -1.57. The second-order valence-corrected chi connectivity index (χ2v) is 8.45. The van der Waals surface area contributed by atoms with Crippen molar-refractivity contribution in [1.82, 2.24) is 9.21 Å². The van der Waals surface area contributed by atoms with Crippen LogP contribution >= 0.6 is 0 Å². The third-order valence-electron chi connectivity index (χ3n) is 4.12. The van der Waals surface area contributed by atoms with Crippen LogP contribution in [0.1, 0.15) is 41.0 Å². The molecule has 1 rings (SSSR count). The van der Waals surface area contributed by atoms with Gasteiger partial charge in [0.25, 0.3) is 0 Å². The zero-order valence-electron chi connectivity index (χ0n) is 13.7. The average molecular weight is 306 g/mol. The normalized spacial score (nSPS) is 24.5. The van der Waals surface area contributed by atoms with Crippen molar-refractivity contribution in [2.24, 2.45) is 0 Å². The standard InChI is InChI=1S/C14H30N2O3S/c1-11(2)16(12(3)4)9-8-15(6)20(17,18)14-7-10-19-13(14)5/h11-14H,7-10H2,1-6H3. The van der Waals surface area contributed by atoms with E-state index < -0.39 is 10.0 Å². The highest BCUT2D eigenvalue weighted by Gasteiger charge is 2.38. The number of ether oxygens (including phenoxy) is 1. The molecule has 0 saturated carbocycles. The van der Waals surface area contributed by atoms with Crippen LogP contribution in [0.3, 0.4) is 0 Å². The molecule has 0 amide bonds. The Morgan fingerprint density at radius 1 is 1.15 bits per heavy atom. The number of likely N-dealkylation sites (N-methyl/N-ethyl adjacent to an activating group) is 1. The summed E-state index contributed by atoms with van der Waals surface area (Å²) in [6, 6.07) is 0.833. The second kappa shape index (κ2) is 7.20. The maximum Gasteiger partial charge on any atom is 0.219 e. The Balaban J connectivity index is 2.63. The van der Waals surface area contributed by atoms with Crippen molar-refractivity contribution in [3.63, 3.8) is 0 Å². The van der Waals surface area contributed by atoms with Gasteiger partial charge in [0.1, 0.15) is 5.25 Å². The predicted octanol–water partition coefficient (Wildman–Crippen LogP) is 1.54. The number of sulfonamides is 1. The lowest BCUT2D eigenvalue weighted by Gasteiger charge is -2.32. The van der Waals surface area contributed by atoms with Gasteiger partial charge in [-0.3, -0.25) is 4.90 Å². The summed E-state index contributed by atoms with van der Waals surface area (Å²) in [4.78, 5) is 2.31. The quantitative estimate of drug-likeness (QED) is 0.716. The molecule has 0 bridgehead atoms. The molecule has 2 atom stereocenters. The fourth-order valence-electron chi connectivity index (χ4n) is 2.83. The molecule has 5 nitrogen and oxygen atoms in total. The minimum atomic E-state index is -3.25. The van der Waals surface area contributed by atoms with E-state index in [0.717, 1.165) is 6.54 Å². The lowest BCUT2D eigenvalue weighted by atomic mass is 10.2. The monoisotopic (exact) mass is 306 g/mol. The molecule has 0 radical (unpaired) electrons. The van der Waals surface area contributed by atoms with E-state index >= 15 is 0 Å². The van der Waals surface area contributed by atoms with Gasteiger partial charge in [0.05, 0.1) is 6.10 Å². The van der Waals surface area contributed by atoms with Gasteiger partial charge in [0.2, 0.25) is 10.0 Å². The molecule has 2 unspecified atom stereocenters. The van der Waals surface area contributed by atoms with E-state index in [1.807, 2.05) is 6.92 Å². The van der Waals surface area contributed by atoms with Crippen molar-refractivity contribution in [3.8, 4) is 0 Å². The minimum Gasteiger partial charge on any atom is -0.377 e. The molecule has 20 heavy (non-hydrogen) atoms. The van der Waals surface area contributed by atoms with Crippen molar-refractivity contribution in [3.05, 3.63) is 0 Å². The molecule has 0 N–H and O–H groups in total. The molecule has 1 aliphatic heterocycles. The first kappa shape index (κ1) is 17.9. The van der Waals surface area contributed by atoms with Crippen molar-refractivity contribution in [1.29, 1.82) is 0 Å². The predicted molar refractivity (Wildman–Crippen MR) is 82.3 cm³/mol. The summed E-state index contributed by atoms with van der Waals surface area (Å²) in [6.07, 6.45) is 0.403. The van der Waals surface area contributed by atoms with Crippen molar-refractivity contribution in [2.45, 2.75) is 64.5 Å². The topological polar surface area (TPSA) is 49.9 Å². The van der Waals surface area contributed by atoms with Crippen LogP contribution in [0.4, 0.5) is 0 Å². The molecule has 1 fully saturated rings. The molecular weight excluding hydrogens is 276 g/mol. The van der Waals surface area contributed by atoms with Crippen LogP contribution in [0.5, 0.6) is 0 Å². The maximum absolute atomic E-state index is 12.5. The van der Waals surface area contributed by atoms with Crippen LogP contribution < -0.4 is 0 Å². The molecule has 0 aliphatic carbocycles. The Morgan fingerprint density at radius 3 is 2.10 bits per heavy atom. The van der Waals surface area contributed by atoms with Crippen LogP contribution in [0, 0.1) is 0 Å². The summed E-state index contributed by atoms with van der Waals surface area (Å²) in [5.74, 6) is 0. The van der Waals surface area contributed by atoms with Gasteiger partial charge in [-0.25, -0.2) is 12.7 Å². The Morgan fingerprint density at radius 2 is 1.70 bits per heavy atom. The van der Waals surface area contributed by atoms with E-state index in [-0.39, 0.29) is 11.4 Å². The lowest BCUT2D eigenvalue weighted by Crippen LogP contribution is -2.46. The first-order valence-electron chi connectivity index (χ1n) is 7.50. The highest BCUT2D eigenvalue weighted by Crippen LogP contribution is 2.23. The van der Waals surface area contributed by atoms with E-state index in [2.05, 4.69) is 32.6 Å². The second-order valence-electron chi connectivity index (χ2n) is 6.19. The van der Waals surface area contributed by atoms with Gasteiger partial charge in [-0.1, -0.05) is 0 Å². The highest BCUT2D eigenvalue weighted by atomic mass is 32.2. The Hall–Kier alpha value is -0.170. The molecule has 0 aromatic rings. The Labute approximate surface area is 124 Å². The number of rotatable bonds is 7. The van der Waals surface area contributed by atoms with E-state index in [1.54, 1.807) is 7.05 Å². The van der Waals surface area contributed by atoms with Gasteiger partial charge >= 0.3 is 0 Å². The van der Waals surface area contributed by atoms with Crippen LogP contribution in [0.25, 0.3) is 0 Å². The molecule has 0 aromatic carbocycles. The number of hydrogen-bond acceptors (Lipinski definition) is 4. The average Bonchev–Trinajstić information content (AvgIpc) is 2.75. The van der Waals surface area contributed by atoms with Gasteiger partial charge in [-0.05, 0) is 41.0 Å². The minimum absolute atomic E-state index is 0.200. The molecule has 1 heterocycles. The third-order valence-corrected chi connectivity index (χ3v) is 6.56. The van der Waals surface area contributed by atoms with Gasteiger partial charge in [-0.2, -0.15) is 0 Å². The summed E-state index contributed by atoms with van der Waals surface area (Å²) in [5.41, 5.74) is 0. The highest BCUT2D eigenvalue weighted by molar-refractivity contribution is 7.89. The largest absolute Gasteiger partial charge is 0.377 e. The lowest BCUT2D eigenvalue weighted by molar-refractivity contribution is 0.125. The fraction of sp³-hybridized carbons (Fsp3) is 1.00. The first-order chi connectivity index (χ1) is 9.17. The summed E-state index contributed by atoms with van der Waals surface area (Å²) in [6.45, 7) is 12.2. The van der Waals surface area contributed by atoms with Crippen molar-refractivity contribution in [2.75, 3.05) is 26.7 Å². The van der Waals surface area contributed by atoms with Gasteiger partial charge in [-0.15, -0.1) is 0 Å². The zero-order chi connectivity index (χ0) is 15.5. The molecule has 1 saturated heterocycles. The summed E-state index contributed by atoms with van der Waals surface area (Å²) in [5, 5.41) is -0.390.